The van der Waals surface area contributed by atoms with Crippen molar-refractivity contribution in [3.63, 3.8) is 0 Å². The molecule has 2 aromatic carbocycles. The molecule has 9 heteroatoms. The number of halogens is 1. The number of benzene rings is 2. The average molecular weight is 543 g/mol. The van der Waals surface area contributed by atoms with Crippen molar-refractivity contribution in [1.82, 2.24) is 4.57 Å². The van der Waals surface area contributed by atoms with Crippen LogP contribution in [-0.2, 0) is 9.53 Å². The monoisotopic (exact) mass is 542 g/mol. The third kappa shape index (κ3) is 4.45. The molecule has 7 nitrogen and oxygen atoms in total. The van der Waals surface area contributed by atoms with Gasteiger partial charge in [-0.05, 0) is 55.3 Å². The first-order chi connectivity index (χ1) is 16.4. The molecular formula is C25H23BrN2O5S. The lowest BCUT2D eigenvalue weighted by atomic mass is 9.95. The van der Waals surface area contributed by atoms with Gasteiger partial charge in [0.1, 0.15) is 0 Å². The van der Waals surface area contributed by atoms with E-state index in [-0.39, 0.29) is 12.2 Å². The fraction of sp³-hybridized carbons (Fsp3) is 0.240. The number of hydrogen-bond donors (Lipinski definition) is 0. The van der Waals surface area contributed by atoms with Crippen LogP contribution in [0.2, 0.25) is 0 Å². The van der Waals surface area contributed by atoms with Gasteiger partial charge in [-0.1, -0.05) is 45.5 Å². The summed E-state index contributed by atoms with van der Waals surface area (Å²) in [5.74, 6) is 0.535. The van der Waals surface area contributed by atoms with E-state index >= 15 is 0 Å². The fourth-order valence-electron chi connectivity index (χ4n) is 3.84. The second-order valence-electron chi connectivity index (χ2n) is 7.47. The molecule has 34 heavy (non-hydrogen) atoms. The summed E-state index contributed by atoms with van der Waals surface area (Å²) in [5.41, 5.74) is 2.16. The maximum atomic E-state index is 13.6. The van der Waals surface area contributed by atoms with Gasteiger partial charge in [0.15, 0.2) is 16.3 Å². The van der Waals surface area contributed by atoms with Crippen molar-refractivity contribution in [2.24, 2.45) is 4.99 Å². The van der Waals surface area contributed by atoms with Crippen molar-refractivity contribution in [1.29, 1.82) is 0 Å². The lowest BCUT2D eigenvalue weighted by Gasteiger charge is -2.25. The zero-order valence-corrected chi connectivity index (χ0v) is 21.5. The molecule has 0 radical (unpaired) electrons. The quantitative estimate of drug-likeness (QED) is 0.445. The van der Waals surface area contributed by atoms with Crippen LogP contribution >= 0.6 is 27.3 Å². The Kier molecular flexibility index (Phi) is 7.04. The van der Waals surface area contributed by atoms with E-state index in [1.807, 2.05) is 36.4 Å². The van der Waals surface area contributed by atoms with Crippen molar-refractivity contribution < 1.29 is 19.0 Å². The second-order valence-corrected chi connectivity index (χ2v) is 9.39. The molecule has 0 saturated carbocycles. The predicted octanol–water partition coefficient (Wildman–Crippen LogP) is 3.58. The first kappa shape index (κ1) is 24.0. The summed E-state index contributed by atoms with van der Waals surface area (Å²) < 4.78 is 19.2. The Morgan fingerprint density at radius 1 is 1.15 bits per heavy atom. The number of carbonyl (C=O) groups excluding carboxylic acids is 1. The number of hydrogen-bond acceptors (Lipinski definition) is 7. The Labute approximate surface area is 208 Å². The van der Waals surface area contributed by atoms with E-state index < -0.39 is 12.0 Å². The fourth-order valence-corrected chi connectivity index (χ4v) is 5.15. The van der Waals surface area contributed by atoms with Gasteiger partial charge >= 0.3 is 5.97 Å². The van der Waals surface area contributed by atoms with Crippen LogP contribution in [0.25, 0.3) is 6.08 Å². The zero-order valence-electron chi connectivity index (χ0n) is 19.1. The third-order valence-corrected chi connectivity index (χ3v) is 6.92. The van der Waals surface area contributed by atoms with Crippen molar-refractivity contribution in [3.8, 4) is 11.5 Å². The molecule has 0 amide bonds. The minimum absolute atomic E-state index is 0.211. The molecule has 0 unspecified atom stereocenters. The molecule has 0 saturated heterocycles. The van der Waals surface area contributed by atoms with Crippen molar-refractivity contribution in [2.45, 2.75) is 19.9 Å². The molecule has 0 fully saturated rings. The number of fused-ring (bicyclic) bond motifs is 1. The van der Waals surface area contributed by atoms with E-state index in [0.29, 0.717) is 37.7 Å². The van der Waals surface area contributed by atoms with Crippen LogP contribution < -0.4 is 24.4 Å². The number of rotatable bonds is 6. The molecule has 0 spiro atoms. The van der Waals surface area contributed by atoms with Gasteiger partial charge in [0.25, 0.3) is 5.56 Å². The number of allylic oxidation sites excluding steroid dienone is 1. The van der Waals surface area contributed by atoms with Gasteiger partial charge in [0, 0.05) is 4.47 Å². The topological polar surface area (TPSA) is 79.1 Å². The second kappa shape index (κ2) is 9.99. The van der Waals surface area contributed by atoms with Crippen molar-refractivity contribution in [2.75, 3.05) is 20.8 Å². The summed E-state index contributed by atoms with van der Waals surface area (Å²) >= 11 is 4.71. The molecule has 0 bridgehead atoms. The summed E-state index contributed by atoms with van der Waals surface area (Å²) in [5, 5.41) is 0. The number of thiazole rings is 1. The highest BCUT2D eigenvalue weighted by molar-refractivity contribution is 9.10. The minimum atomic E-state index is -0.720. The van der Waals surface area contributed by atoms with Crippen molar-refractivity contribution in [3.05, 3.63) is 89.0 Å². The highest BCUT2D eigenvalue weighted by atomic mass is 79.9. The number of carbonyl (C=O) groups is 1. The predicted molar refractivity (Wildman–Crippen MR) is 134 cm³/mol. The van der Waals surface area contributed by atoms with Crippen LogP contribution in [0.5, 0.6) is 11.5 Å². The molecule has 0 N–H and O–H groups in total. The van der Waals surface area contributed by atoms with E-state index in [0.717, 1.165) is 10.0 Å². The molecule has 3 aromatic rings. The number of aromatic nitrogens is 1. The number of methoxy groups -OCH3 is 2. The first-order valence-corrected chi connectivity index (χ1v) is 12.2. The highest BCUT2D eigenvalue weighted by Gasteiger charge is 2.33. The zero-order chi connectivity index (χ0) is 24.4. The molecule has 1 aromatic heterocycles. The minimum Gasteiger partial charge on any atom is -0.493 e. The average Bonchev–Trinajstić information content (AvgIpc) is 3.13. The lowest BCUT2D eigenvalue weighted by molar-refractivity contribution is -0.139. The Morgan fingerprint density at radius 2 is 1.85 bits per heavy atom. The van der Waals surface area contributed by atoms with Crippen LogP contribution in [0, 0.1) is 0 Å². The van der Waals surface area contributed by atoms with E-state index in [1.54, 1.807) is 44.8 Å². The molecule has 1 atom stereocenters. The Hall–Kier alpha value is -3.17. The number of ether oxygens (including phenoxy) is 3. The first-order valence-electron chi connectivity index (χ1n) is 10.5. The third-order valence-electron chi connectivity index (χ3n) is 5.41. The van der Waals surface area contributed by atoms with Gasteiger partial charge in [-0.3, -0.25) is 9.36 Å². The van der Waals surface area contributed by atoms with E-state index in [9.17, 15) is 9.59 Å². The largest absolute Gasteiger partial charge is 0.493 e. The van der Waals surface area contributed by atoms with Gasteiger partial charge in [-0.2, -0.15) is 0 Å². The van der Waals surface area contributed by atoms with Gasteiger partial charge < -0.3 is 14.2 Å². The standard InChI is InChI=1S/C25H23BrN2O5S/c1-5-33-24(30)21-14(2)27-25-28(22(21)16-8-11-18(31-3)19(13-16)32-4)23(29)20(34-25)12-15-6-9-17(26)10-7-15/h6-13,22H,5H2,1-4H3/t22-/m1/s1. The van der Waals surface area contributed by atoms with Crippen molar-refractivity contribution >= 4 is 39.3 Å². The summed E-state index contributed by atoms with van der Waals surface area (Å²) in [6.45, 7) is 3.71. The van der Waals surface area contributed by atoms with Crippen LogP contribution in [0.1, 0.15) is 31.0 Å². The van der Waals surface area contributed by atoms with E-state index in [2.05, 4.69) is 20.9 Å². The normalized spacial score (nSPS) is 15.6. The van der Waals surface area contributed by atoms with Gasteiger partial charge in [0.05, 0.1) is 42.7 Å². The molecule has 1 aliphatic heterocycles. The molecular weight excluding hydrogens is 520 g/mol. The molecule has 0 aliphatic carbocycles. The summed E-state index contributed by atoms with van der Waals surface area (Å²) in [7, 11) is 3.09. The highest BCUT2D eigenvalue weighted by Crippen LogP contribution is 2.36. The Bertz CT molecular complexity index is 1450. The van der Waals surface area contributed by atoms with Crippen LogP contribution in [-0.4, -0.2) is 31.4 Å². The Balaban J connectivity index is 1.96. The Morgan fingerprint density at radius 3 is 2.50 bits per heavy atom. The van der Waals surface area contributed by atoms with E-state index in [1.165, 1.54) is 11.3 Å². The number of esters is 1. The van der Waals surface area contributed by atoms with Crippen LogP contribution in [0.3, 0.4) is 0 Å². The summed E-state index contributed by atoms with van der Waals surface area (Å²) in [6, 6.07) is 12.3. The van der Waals surface area contributed by atoms with Crippen LogP contribution in [0.4, 0.5) is 0 Å². The smallest absolute Gasteiger partial charge is 0.338 e. The van der Waals surface area contributed by atoms with Crippen LogP contribution in [0.15, 0.2) is 68.0 Å². The number of nitrogens with zero attached hydrogens (tertiary/aromatic N) is 2. The summed E-state index contributed by atoms with van der Waals surface area (Å²) in [4.78, 5) is 31.7. The molecule has 4 rings (SSSR count). The molecule has 1 aliphatic rings. The van der Waals surface area contributed by atoms with E-state index in [4.69, 9.17) is 14.2 Å². The maximum absolute atomic E-state index is 13.6. The van der Waals surface area contributed by atoms with Gasteiger partial charge in [-0.25, -0.2) is 9.79 Å². The SMILES string of the molecule is CCOC(=O)C1=C(C)N=c2sc(=Cc3ccc(Br)cc3)c(=O)n2[C@@H]1c1ccc(OC)c(OC)c1. The molecule has 2 heterocycles. The lowest BCUT2D eigenvalue weighted by Crippen LogP contribution is -2.39. The molecule has 176 valence electrons. The van der Waals surface area contributed by atoms with Gasteiger partial charge in [0.2, 0.25) is 0 Å². The van der Waals surface area contributed by atoms with Gasteiger partial charge in [-0.15, -0.1) is 0 Å². The maximum Gasteiger partial charge on any atom is 0.338 e. The summed E-state index contributed by atoms with van der Waals surface area (Å²) in [6.07, 6.45) is 1.82.